The normalized spacial score (nSPS) is 19.0. The van der Waals surface area contributed by atoms with Gasteiger partial charge in [-0.2, -0.15) is 0 Å². The van der Waals surface area contributed by atoms with E-state index in [1.54, 1.807) is 6.08 Å². The Morgan fingerprint density at radius 1 is 0.430 bits per heavy atom. The zero-order valence-corrected chi connectivity index (χ0v) is 48.3. The maximum Gasteiger partial charge on any atom is 0.335 e. The van der Waals surface area contributed by atoms with E-state index in [0.717, 1.165) is 128 Å². The molecule has 440 valence electrons. The molecule has 0 aromatic rings. The van der Waals surface area contributed by atoms with Gasteiger partial charge in [0.15, 0.2) is 24.6 Å². The Bertz CT molecular complexity index is 1980. The highest BCUT2D eigenvalue weighted by atomic mass is 16.7. The molecule has 1 saturated heterocycles. The minimum Gasteiger partial charge on any atom is -0.479 e. The number of carbonyl (C=O) groups is 4. The van der Waals surface area contributed by atoms with Gasteiger partial charge in [-0.05, 0) is 122 Å². The third-order valence-electron chi connectivity index (χ3n) is 12.1. The number of carboxylic acid groups (broad SMARTS) is 1. The Hall–Kier alpha value is -5.66. The molecule has 0 saturated carbocycles. The summed E-state index contributed by atoms with van der Waals surface area (Å²) >= 11 is 0. The first-order valence-corrected chi connectivity index (χ1v) is 29.5. The number of unbranched alkanes of at least 4 members (excludes halogenated alkanes) is 8. The number of aliphatic hydroxyl groups excluding tert-OH is 2. The molecule has 6 atom stereocenters. The molecule has 1 aliphatic rings. The van der Waals surface area contributed by atoms with Crippen LogP contribution in [0.2, 0.25) is 0 Å². The van der Waals surface area contributed by atoms with Crippen molar-refractivity contribution < 1.29 is 58.2 Å². The summed E-state index contributed by atoms with van der Waals surface area (Å²) in [6.45, 7) is 5.50. The second-order valence-corrected chi connectivity index (χ2v) is 19.1. The van der Waals surface area contributed by atoms with Crippen LogP contribution >= 0.6 is 0 Å². The number of carbonyl (C=O) groups excluding carboxylic acids is 3. The molecule has 0 radical (unpaired) electrons. The van der Waals surface area contributed by atoms with Gasteiger partial charge in [-0.3, -0.25) is 14.4 Å². The van der Waals surface area contributed by atoms with Crippen molar-refractivity contribution in [2.45, 2.75) is 225 Å². The molecule has 79 heavy (non-hydrogen) atoms. The minimum atomic E-state index is -1.94. The maximum atomic E-state index is 13.1. The van der Waals surface area contributed by atoms with Crippen LogP contribution in [0.5, 0.6) is 0 Å². The smallest absolute Gasteiger partial charge is 0.335 e. The molecule has 6 unspecified atom stereocenters. The lowest BCUT2D eigenvalue weighted by molar-refractivity contribution is -0.301. The number of hydrogen-bond acceptors (Lipinski definition) is 11. The van der Waals surface area contributed by atoms with Gasteiger partial charge in [-0.25, -0.2) is 4.79 Å². The van der Waals surface area contributed by atoms with Crippen molar-refractivity contribution in [1.82, 2.24) is 0 Å². The molecule has 0 aromatic heterocycles. The predicted molar refractivity (Wildman–Crippen MR) is 321 cm³/mol. The average molecular weight is 1100 g/mol. The van der Waals surface area contributed by atoms with E-state index in [0.29, 0.717) is 19.3 Å². The van der Waals surface area contributed by atoms with Crippen LogP contribution in [0.15, 0.2) is 158 Å². The first-order chi connectivity index (χ1) is 38.6. The second kappa shape index (κ2) is 53.0. The maximum absolute atomic E-state index is 13.1. The highest BCUT2D eigenvalue weighted by Crippen LogP contribution is 2.26. The summed E-state index contributed by atoms with van der Waals surface area (Å²) in [7, 11) is 0. The Morgan fingerprint density at radius 2 is 0.797 bits per heavy atom. The zero-order chi connectivity index (χ0) is 57.5. The van der Waals surface area contributed by atoms with E-state index in [9.17, 15) is 34.5 Å². The third kappa shape index (κ3) is 42.9. The molecule has 0 amide bonds. The van der Waals surface area contributed by atoms with Gasteiger partial charge < -0.3 is 39.0 Å². The summed E-state index contributed by atoms with van der Waals surface area (Å²) in [5.74, 6) is -3.39. The standard InChI is InChI=1S/C67H100O12/c1-4-7-10-13-16-19-22-25-28-29-30-31-34-37-40-43-46-49-52-55-61(70)78-65-63(72)62(71)64(66(73)74)79-67(65)76-57-58(77-60(69)54-51-48-45-42-39-36-33-27-24-21-18-15-12-9-6-3)56-75-59(68)53-50-47-44-41-38-35-32-26-23-20-17-14-11-8-5-2/h7-12,16-21,25-28,30-33,38-39,41-42,47,50,58,62-65,67,71-72H,4-6,13-15,22-24,29,34-37,40,43-46,48-49,51-57H2,1-3H3,(H,73,74)/b10-7-,11-8-,12-9-,19-16-,20-17-,21-18-,28-25-,31-30-,32-26-,33-27-,41-38-,42-39-,50-47-. The Kier molecular flexibility index (Phi) is 47.9. The second-order valence-electron chi connectivity index (χ2n) is 19.1. The molecule has 0 aromatic carbocycles. The summed E-state index contributed by atoms with van der Waals surface area (Å²) in [5, 5.41) is 31.5. The topological polar surface area (TPSA) is 175 Å². The molecular weight excluding hydrogens is 997 g/mol. The Labute approximate surface area is 475 Å². The van der Waals surface area contributed by atoms with Crippen LogP contribution in [0.3, 0.4) is 0 Å². The van der Waals surface area contributed by atoms with Crippen LogP contribution in [0.1, 0.15) is 188 Å². The quantitative estimate of drug-likeness (QED) is 0.0228. The van der Waals surface area contributed by atoms with Gasteiger partial charge in [0.1, 0.15) is 18.8 Å². The van der Waals surface area contributed by atoms with Gasteiger partial charge >= 0.3 is 23.9 Å². The van der Waals surface area contributed by atoms with Gasteiger partial charge in [-0.1, -0.05) is 204 Å². The number of aliphatic hydroxyl groups is 2. The van der Waals surface area contributed by atoms with Crippen LogP contribution in [0.25, 0.3) is 0 Å². The van der Waals surface area contributed by atoms with Crippen LogP contribution in [0, 0.1) is 0 Å². The molecule has 3 N–H and O–H groups in total. The Balaban J connectivity index is 2.78. The van der Waals surface area contributed by atoms with Gasteiger partial charge in [-0.15, -0.1) is 0 Å². The highest BCUT2D eigenvalue weighted by Gasteiger charge is 2.50. The van der Waals surface area contributed by atoms with E-state index in [1.165, 1.54) is 0 Å². The largest absolute Gasteiger partial charge is 0.479 e. The van der Waals surface area contributed by atoms with Crippen molar-refractivity contribution >= 4 is 23.9 Å². The van der Waals surface area contributed by atoms with Gasteiger partial charge in [0, 0.05) is 12.8 Å². The number of aliphatic carboxylic acids is 1. The van der Waals surface area contributed by atoms with Crippen LogP contribution in [-0.2, 0) is 42.9 Å². The molecule has 1 rings (SSSR count). The fourth-order valence-corrected chi connectivity index (χ4v) is 7.71. The number of allylic oxidation sites excluding steroid dienone is 25. The molecule has 1 heterocycles. The van der Waals surface area contributed by atoms with E-state index in [2.05, 4.69) is 161 Å². The van der Waals surface area contributed by atoms with Crippen molar-refractivity contribution in [3.05, 3.63) is 158 Å². The van der Waals surface area contributed by atoms with Gasteiger partial charge in [0.2, 0.25) is 0 Å². The lowest BCUT2D eigenvalue weighted by Crippen LogP contribution is -2.61. The van der Waals surface area contributed by atoms with Crippen molar-refractivity contribution in [3.63, 3.8) is 0 Å². The lowest BCUT2D eigenvalue weighted by atomic mass is 9.98. The lowest BCUT2D eigenvalue weighted by Gasteiger charge is -2.40. The molecule has 1 fully saturated rings. The van der Waals surface area contributed by atoms with E-state index in [4.69, 9.17) is 23.7 Å². The monoisotopic (exact) mass is 1100 g/mol. The summed E-state index contributed by atoms with van der Waals surface area (Å²) in [4.78, 5) is 51.1. The molecule has 0 bridgehead atoms. The number of ether oxygens (including phenoxy) is 5. The number of rotatable bonds is 47. The summed E-state index contributed by atoms with van der Waals surface area (Å²) in [5.41, 5.74) is 0. The van der Waals surface area contributed by atoms with Gasteiger partial charge in [0.25, 0.3) is 0 Å². The fourth-order valence-electron chi connectivity index (χ4n) is 7.71. The Morgan fingerprint density at radius 3 is 1.24 bits per heavy atom. The molecule has 12 heteroatoms. The third-order valence-corrected chi connectivity index (χ3v) is 12.1. The first-order valence-electron chi connectivity index (χ1n) is 29.5. The van der Waals surface area contributed by atoms with Gasteiger partial charge in [0.05, 0.1) is 13.0 Å². The van der Waals surface area contributed by atoms with Crippen molar-refractivity contribution in [2.24, 2.45) is 0 Å². The van der Waals surface area contributed by atoms with Crippen LogP contribution < -0.4 is 0 Å². The fraction of sp³-hybridized carbons (Fsp3) is 0.552. The van der Waals surface area contributed by atoms with Crippen molar-refractivity contribution in [3.8, 4) is 0 Å². The molecule has 12 nitrogen and oxygen atoms in total. The predicted octanol–water partition coefficient (Wildman–Crippen LogP) is 15.3. The minimum absolute atomic E-state index is 0.0205. The molecule has 0 aliphatic carbocycles. The SMILES string of the molecule is CC/C=C\C/C=C\C/C=C\C/C=C\C/C=C\CC(=O)OCC(COC1OC(C(=O)O)C(O)C(O)C1OC(=O)CCCCCCCC/C=C\C/C=C\C/C=C\C/C=C\CC)OC(=O)CCCC/C=C\C/C=C\C/C=C\C/C=C\CC. The number of carboxylic acids is 1. The zero-order valence-electron chi connectivity index (χ0n) is 48.3. The molecule has 0 spiro atoms. The number of esters is 3. The van der Waals surface area contributed by atoms with Crippen LogP contribution in [-0.4, -0.2) is 89.2 Å². The first kappa shape index (κ1) is 71.4. The molecular formula is C67H100O12. The number of hydrogen-bond donors (Lipinski definition) is 3. The van der Waals surface area contributed by atoms with E-state index in [-0.39, 0.29) is 19.3 Å². The van der Waals surface area contributed by atoms with E-state index in [1.807, 2.05) is 12.2 Å². The summed E-state index contributed by atoms with van der Waals surface area (Å²) in [6, 6.07) is 0. The molecule has 1 aliphatic heterocycles. The summed E-state index contributed by atoms with van der Waals surface area (Å²) < 4.78 is 28.2. The van der Waals surface area contributed by atoms with Crippen LogP contribution in [0.4, 0.5) is 0 Å². The van der Waals surface area contributed by atoms with Crippen molar-refractivity contribution in [2.75, 3.05) is 13.2 Å². The van der Waals surface area contributed by atoms with E-state index < -0.39 is 73.9 Å². The van der Waals surface area contributed by atoms with Crippen molar-refractivity contribution in [1.29, 1.82) is 0 Å². The average Bonchev–Trinajstić information content (AvgIpc) is 3.46. The summed E-state index contributed by atoms with van der Waals surface area (Å²) in [6.07, 6.45) is 65.2. The highest BCUT2D eigenvalue weighted by molar-refractivity contribution is 5.74. The van der Waals surface area contributed by atoms with E-state index >= 15 is 0 Å².